The predicted octanol–water partition coefficient (Wildman–Crippen LogP) is 1.31. The molecule has 0 rings (SSSR count). The van der Waals surface area contributed by atoms with E-state index in [1.807, 2.05) is 20.8 Å². The highest BCUT2D eigenvalue weighted by molar-refractivity contribution is 5.71. The van der Waals surface area contributed by atoms with Crippen LogP contribution in [0.4, 0.5) is 0 Å². The summed E-state index contributed by atoms with van der Waals surface area (Å²) in [7, 11) is 0. The van der Waals surface area contributed by atoms with Crippen LogP contribution in [0.15, 0.2) is 0 Å². The van der Waals surface area contributed by atoms with Crippen LogP contribution in [-0.2, 0) is 19.0 Å². The van der Waals surface area contributed by atoms with Crippen molar-refractivity contribution < 1.29 is 24.1 Å². The summed E-state index contributed by atoms with van der Waals surface area (Å²) in [5.74, 6) is -0.962. The Balaban J connectivity index is 3.25. The number of carbonyl (C=O) groups is 1. The van der Waals surface area contributed by atoms with Gasteiger partial charge in [0.15, 0.2) is 6.10 Å². The van der Waals surface area contributed by atoms with E-state index in [0.717, 1.165) is 0 Å². The zero-order valence-electron chi connectivity index (χ0n) is 10.5. The van der Waals surface area contributed by atoms with E-state index in [4.69, 9.17) is 19.3 Å². The molecule has 16 heavy (non-hydrogen) atoms. The van der Waals surface area contributed by atoms with E-state index in [-0.39, 0.29) is 12.2 Å². The molecule has 0 saturated heterocycles. The Bertz CT molecular complexity index is 197. The minimum Gasteiger partial charge on any atom is -0.479 e. The first-order valence-electron chi connectivity index (χ1n) is 5.39. The van der Waals surface area contributed by atoms with E-state index >= 15 is 0 Å². The Labute approximate surface area is 96.7 Å². The number of aliphatic carboxylic acids is 1. The first kappa shape index (κ1) is 15.3. The Hall–Kier alpha value is -0.650. The van der Waals surface area contributed by atoms with Crippen molar-refractivity contribution in [3.63, 3.8) is 0 Å². The van der Waals surface area contributed by atoms with Crippen LogP contribution in [0.1, 0.15) is 27.7 Å². The molecule has 5 nitrogen and oxygen atoms in total. The summed E-state index contributed by atoms with van der Waals surface area (Å²) in [6.07, 6.45) is -0.783. The minimum absolute atomic E-state index is 0.155. The molecule has 0 aromatic rings. The highest BCUT2D eigenvalue weighted by Crippen LogP contribution is 2.05. The van der Waals surface area contributed by atoms with Crippen LogP contribution in [0.2, 0.25) is 0 Å². The summed E-state index contributed by atoms with van der Waals surface area (Å²) >= 11 is 0. The molecule has 0 bridgehead atoms. The van der Waals surface area contributed by atoms with Gasteiger partial charge in [-0.15, -0.1) is 0 Å². The van der Waals surface area contributed by atoms with Gasteiger partial charge in [-0.1, -0.05) is 0 Å². The van der Waals surface area contributed by atoms with Crippen molar-refractivity contribution in [1.82, 2.24) is 0 Å². The summed E-state index contributed by atoms with van der Waals surface area (Å²) in [6.45, 7) is 9.10. The van der Waals surface area contributed by atoms with Gasteiger partial charge < -0.3 is 19.3 Å². The van der Waals surface area contributed by atoms with Crippen molar-refractivity contribution in [1.29, 1.82) is 0 Å². The fourth-order valence-corrected chi connectivity index (χ4v) is 0.864. The van der Waals surface area contributed by atoms with Crippen LogP contribution in [0.5, 0.6) is 0 Å². The van der Waals surface area contributed by atoms with Crippen LogP contribution >= 0.6 is 0 Å². The van der Waals surface area contributed by atoms with Crippen LogP contribution in [0, 0.1) is 0 Å². The van der Waals surface area contributed by atoms with E-state index in [1.54, 1.807) is 0 Å². The van der Waals surface area contributed by atoms with Gasteiger partial charge in [0, 0.05) is 0 Å². The molecule has 96 valence electrons. The fourth-order valence-electron chi connectivity index (χ4n) is 0.864. The first-order valence-corrected chi connectivity index (χ1v) is 5.39. The molecule has 0 aliphatic heterocycles. The van der Waals surface area contributed by atoms with Crippen molar-refractivity contribution in [2.24, 2.45) is 0 Å². The van der Waals surface area contributed by atoms with Gasteiger partial charge in [0.2, 0.25) is 0 Å². The average Bonchev–Trinajstić information content (AvgIpc) is 2.14. The van der Waals surface area contributed by atoms with Gasteiger partial charge in [0.1, 0.15) is 0 Å². The summed E-state index contributed by atoms with van der Waals surface area (Å²) in [4.78, 5) is 10.4. The number of hydrogen-bond donors (Lipinski definition) is 1. The molecule has 0 amide bonds. The van der Waals surface area contributed by atoms with Gasteiger partial charge in [0.25, 0.3) is 0 Å². The second-order valence-corrected chi connectivity index (χ2v) is 4.42. The third-order valence-corrected chi connectivity index (χ3v) is 1.71. The quantitative estimate of drug-likeness (QED) is 0.641. The summed E-state index contributed by atoms with van der Waals surface area (Å²) in [5, 5.41) is 8.53. The summed E-state index contributed by atoms with van der Waals surface area (Å²) in [5.41, 5.74) is -0.155. The molecule has 0 aliphatic rings. The molecule has 1 atom stereocenters. The molecule has 0 aromatic heterocycles. The van der Waals surface area contributed by atoms with E-state index in [1.165, 1.54) is 6.92 Å². The summed E-state index contributed by atoms with van der Waals surface area (Å²) < 4.78 is 15.6. The van der Waals surface area contributed by atoms with E-state index in [9.17, 15) is 4.79 Å². The molecule has 0 radical (unpaired) electrons. The third-order valence-electron chi connectivity index (χ3n) is 1.71. The maximum absolute atomic E-state index is 10.4. The molecular weight excluding hydrogens is 212 g/mol. The van der Waals surface area contributed by atoms with Gasteiger partial charge in [-0.2, -0.15) is 0 Å². The zero-order chi connectivity index (χ0) is 12.6. The maximum atomic E-state index is 10.4. The summed E-state index contributed by atoms with van der Waals surface area (Å²) in [6, 6.07) is 0. The number of carboxylic acids is 1. The van der Waals surface area contributed by atoms with Crippen molar-refractivity contribution in [3.05, 3.63) is 0 Å². The van der Waals surface area contributed by atoms with Crippen LogP contribution in [-0.4, -0.2) is 49.2 Å². The van der Waals surface area contributed by atoms with Crippen molar-refractivity contribution in [2.75, 3.05) is 26.4 Å². The Morgan fingerprint density at radius 2 is 1.75 bits per heavy atom. The van der Waals surface area contributed by atoms with Crippen LogP contribution in [0.25, 0.3) is 0 Å². The molecule has 0 fully saturated rings. The largest absolute Gasteiger partial charge is 0.479 e. The second kappa shape index (κ2) is 7.60. The second-order valence-electron chi connectivity index (χ2n) is 4.42. The van der Waals surface area contributed by atoms with E-state index < -0.39 is 12.1 Å². The molecule has 1 N–H and O–H groups in total. The lowest BCUT2D eigenvalue weighted by atomic mass is 10.2. The number of hydrogen-bond acceptors (Lipinski definition) is 4. The topological polar surface area (TPSA) is 65.0 Å². The van der Waals surface area contributed by atoms with Crippen LogP contribution in [0.3, 0.4) is 0 Å². The standard InChI is InChI=1S/C11H22O5/c1-9(10(12)13)15-7-5-14-6-8-16-11(2,3)4/h9H,5-8H2,1-4H3,(H,12,13). The Morgan fingerprint density at radius 1 is 1.19 bits per heavy atom. The monoisotopic (exact) mass is 234 g/mol. The fraction of sp³-hybridized carbons (Fsp3) is 0.909. The highest BCUT2D eigenvalue weighted by Gasteiger charge is 2.10. The van der Waals surface area contributed by atoms with Gasteiger partial charge in [-0.25, -0.2) is 4.79 Å². The normalized spacial score (nSPS) is 13.8. The first-order chi connectivity index (χ1) is 7.33. The Morgan fingerprint density at radius 3 is 2.25 bits per heavy atom. The number of rotatable bonds is 8. The Kier molecular flexibility index (Phi) is 7.29. The van der Waals surface area contributed by atoms with Crippen molar-refractivity contribution in [3.8, 4) is 0 Å². The van der Waals surface area contributed by atoms with Crippen LogP contribution < -0.4 is 0 Å². The van der Waals surface area contributed by atoms with E-state index in [0.29, 0.717) is 19.8 Å². The molecule has 0 saturated carbocycles. The van der Waals surface area contributed by atoms with Crippen molar-refractivity contribution >= 4 is 5.97 Å². The van der Waals surface area contributed by atoms with Gasteiger partial charge in [-0.05, 0) is 27.7 Å². The molecule has 0 heterocycles. The predicted molar refractivity (Wildman–Crippen MR) is 59.6 cm³/mol. The van der Waals surface area contributed by atoms with Gasteiger partial charge in [-0.3, -0.25) is 0 Å². The molecule has 0 aliphatic carbocycles. The maximum Gasteiger partial charge on any atom is 0.332 e. The lowest BCUT2D eigenvalue weighted by Gasteiger charge is -2.19. The average molecular weight is 234 g/mol. The molecule has 5 heteroatoms. The number of carboxylic acid groups (broad SMARTS) is 1. The lowest BCUT2D eigenvalue weighted by molar-refractivity contribution is -0.150. The molecule has 0 spiro atoms. The SMILES string of the molecule is CC(OCCOCCOC(C)(C)C)C(=O)O. The minimum atomic E-state index is -0.962. The molecular formula is C11H22O5. The smallest absolute Gasteiger partial charge is 0.332 e. The highest BCUT2D eigenvalue weighted by atomic mass is 16.6. The van der Waals surface area contributed by atoms with Gasteiger partial charge in [0.05, 0.1) is 32.0 Å². The zero-order valence-corrected chi connectivity index (χ0v) is 10.5. The molecule has 0 aromatic carbocycles. The van der Waals surface area contributed by atoms with E-state index in [2.05, 4.69) is 0 Å². The van der Waals surface area contributed by atoms with Gasteiger partial charge >= 0.3 is 5.97 Å². The lowest BCUT2D eigenvalue weighted by Crippen LogP contribution is -2.24. The third kappa shape index (κ3) is 9.89. The van der Waals surface area contributed by atoms with Crippen molar-refractivity contribution in [2.45, 2.75) is 39.4 Å². The molecule has 1 unspecified atom stereocenters. The number of ether oxygens (including phenoxy) is 3.